The zero-order valence-electron chi connectivity index (χ0n) is 18.4. The highest BCUT2D eigenvalue weighted by atomic mass is 16.4. The summed E-state index contributed by atoms with van der Waals surface area (Å²) < 4.78 is 4.62. The lowest BCUT2D eigenvalue weighted by Gasteiger charge is -2.07. The van der Waals surface area contributed by atoms with Gasteiger partial charge in [-0.05, 0) is 24.5 Å². The van der Waals surface area contributed by atoms with Crippen molar-refractivity contribution in [2.45, 2.75) is 97.6 Å². The predicted molar refractivity (Wildman–Crippen MR) is 116 cm³/mol. The fourth-order valence-electron chi connectivity index (χ4n) is 3.93. The maximum absolute atomic E-state index is 10.9. The second-order valence-electron chi connectivity index (χ2n) is 8.04. The van der Waals surface area contributed by atoms with E-state index in [1.54, 1.807) is 12.1 Å². The molecule has 4 nitrogen and oxygen atoms in total. The largest absolute Gasteiger partial charge is 0.545 e. The molecule has 0 aliphatic rings. The Morgan fingerprint density at radius 2 is 1.48 bits per heavy atom. The number of unbranched alkanes of at least 4 members (excludes halogenated alkanes) is 9. The van der Waals surface area contributed by atoms with Crippen LogP contribution in [0.1, 0.15) is 99.8 Å². The standard InChI is InChI=1S/C25H38N2O2/c1-3-5-6-7-8-9-10-11-12-13-14-24-26(4-2)19-20-27(24)21-22-15-17-23(18-16-22)25(28)29/h15-20H,3-14,21H2,1-2H3. The number of aromatic carboxylic acids is 1. The number of carbonyl (C=O) groups is 1. The van der Waals surface area contributed by atoms with Gasteiger partial charge in [0.1, 0.15) is 18.9 Å². The topological polar surface area (TPSA) is 48.9 Å². The van der Waals surface area contributed by atoms with Gasteiger partial charge in [0.2, 0.25) is 0 Å². The molecule has 1 aromatic carbocycles. The molecule has 0 saturated heterocycles. The summed E-state index contributed by atoms with van der Waals surface area (Å²) in [7, 11) is 0. The summed E-state index contributed by atoms with van der Waals surface area (Å²) in [6, 6.07) is 7.02. The number of rotatable bonds is 15. The summed E-state index contributed by atoms with van der Waals surface area (Å²) in [6.07, 6.45) is 18.9. The fourth-order valence-corrected chi connectivity index (χ4v) is 3.93. The maximum atomic E-state index is 10.9. The number of carboxylic acids is 1. The average Bonchev–Trinajstić information content (AvgIpc) is 3.11. The summed E-state index contributed by atoms with van der Waals surface area (Å²) in [4.78, 5) is 10.9. The monoisotopic (exact) mass is 398 g/mol. The van der Waals surface area contributed by atoms with Crippen LogP contribution in [-0.4, -0.2) is 10.5 Å². The number of carboxylic acid groups (broad SMARTS) is 1. The van der Waals surface area contributed by atoms with E-state index >= 15 is 0 Å². The van der Waals surface area contributed by atoms with Gasteiger partial charge >= 0.3 is 0 Å². The van der Waals surface area contributed by atoms with Crippen molar-refractivity contribution >= 4 is 5.97 Å². The lowest BCUT2D eigenvalue weighted by atomic mass is 10.1. The zero-order valence-corrected chi connectivity index (χ0v) is 18.4. The van der Waals surface area contributed by atoms with Gasteiger partial charge in [-0.2, -0.15) is 0 Å². The highest BCUT2D eigenvalue weighted by molar-refractivity contribution is 5.85. The SMILES string of the molecule is CCCCCCCCCCCCc1n(CC)cc[n+]1Cc1ccc(C(=O)[O-])cc1. The molecule has 0 unspecified atom stereocenters. The molecular weight excluding hydrogens is 360 g/mol. The Hall–Kier alpha value is -2.10. The van der Waals surface area contributed by atoms with Crippen LogP contribution in [0, 0.1) is 0 Å². The zero-order chi connectivity index (χ0) is 20.9. The Morgan fingerprint density at radius 1 is 0.897 bits per heavy atom. The van der Waals surface area contributed by atoms with Crippen molar-refractivity contribution in [1.82, 2.24) is 4.57 Å². The van der Waals surface area contributed by atoms with Gasteiger partial charge in [0.15, 0.2) is 0 Å². The Bertz CT molecular complexity index is 719. The number of carbonyl (C=O) groups excluding carboxylic acids is 1. The quantitative estimate of drug-likeness (QED) is 0.323. The Labute approximate surface area is 176 Å². The first-order valence-corrected chi connectivity index (χ1v) is 11.5. The van der Waals surface area contributed by atoms with Crippen molar-refractivity contribution in [3.05, 3.63) is 53.6 Å². The molecule has 0 fully saturated rings. The fraction of sp³-hybridized carbons (Fsp3) is 0.600. The minimum absolute atomic E-state index is 0.232. The van der Waals surface area contributed by atoms with Crippen LogP contribution in [0.5, 0.6) is 0 Å². The average molecular weight is 399 g/mol. The minimum atomic E-state index is -1.12. The Balaban J connectivity index is 1.77. The van der Waals surface area contributed by atoms with E-state index in [4.69, 9.17) is 0 Å². The van der Waals surface area contributed by atoms with E-state index in [0.717, 1.165) is 25.1 Å². The number of imidazole rings is 1. The smallest absolute Gasteiger partial charge is 0.256 e. The van der Waals surface area contributed by atoms with Gasteiger partial charge in [0.25, 0.3) is 5.82 Å². The van der Waals surface area contributed by atoms with Gasteiger partial charge in [-0.25, -0.2) is 9.13 Å². The lowest BCUT2D eigenvalue weighted by molar-refractivity contribution is -0.695. The summed E-state index contributed by atoms with van der Waals surface area (Å²) in [5, 5.41) is 10.9. The first-order chi connectivity index (χ1) is 14.2. The van der Waals surface area contributed by atoms with Crippen LogP contribution in [0.3, 0.4) is 0 Å². The number of aromatic nitrogens is 2. The predicted octanol–water partition coefficient (Wildman–Crippen LogP) is 4.67. The van der Waals surface area contributed by atoms with Crippen LogP contribution < -0.4 is 9.67 Å². The van der Waals surface area contributed by atoms with E-state index in [2.05, 4.69) is 35.4 Å². The number of hydrogen-bond donors (Lipinski definition) is 0. The summed E-state index contributed by atoms with van der Waals surface area (Å²) in [5.74, 6) is 0.235. The van der Waals surface area contributed by atoms with Crippen LogP contribution in [0.25, 0.3) is 0 Å². The van der Waals surface area contributed by atoms with Crippen LogP contribution in [0.2, 0.25) is 0 Å². The molecule has 0 spiro atoms. The minimum Gasteiger partial charge on any atom is -0.545 e. The molecule has 1 heterocycles. The molecule has 2 rings (SSSR count). The number of aryl methyl sites for hydroxylation is 1. The normalized spacial score (nSPS) is 11.1. The third-order valence-corrected chi connectivity index (χ3v) is 5.73. The van der Waals surface area contributed by atoms with Crippen molar-refractivity contribution in [1.29, 1.82) is 0 Å². The maximum Gasteiger partial charge on any atom is 0.256 e. The van der Waals surface area contributed by atoms with E-state index < -0.39 is 5.97 Å². The van der Waals surface area contributed by atoms with E-state index in [1.807, 2.05) is 12.1 Å². The van der Waals surface area contributed by atoms with E-state index in [9.17, 15) is 9.90 Å². The Kier molecular flexibility index (Phi) is 10.5. The van der Waals surface area contributed by atoms with Crippen LogP contribution in [0.15, 0.2) is 36.7 Å². The molecule has 1 aromatic heterocycles. The molecule has 29 heavy (non-hydrogen) atoms. The van der Waals surface area contributed by atoms with Crippen molar-refractivity contribution in [2.24, 2.45) is 0 Å². The molecule has 0 atom stereocenters. The molecular formula is C25H38N2O2. The van der Waals surface area contributed by atoms with Crippen LogP contribution in [0.4, 0.5) is 0 Å². The third kappa shape index (κ3) is 8.04. The van der Waals surface area contributed by atoms with E-state index in [0.29, 0.717) is 0 Å². The molecule has 0 saturated carbocycles. The Morgan fingerprint density at radius 3 is 2.03 bits per heavy atom. The first-order valence-electron chi connectivity index (χ1n) is 11.5. The molecule has 0 aliphatic heterocycles. The molecule has 4 heteroatoms. The molecule has 2 aromatic rings. The van der Waals surface area contributed by atoms with Crippen molar-refractivity contribution in [2.75, 3.05) is 0 Å². The first kappa shape index (κ1) is 23.2. The van der Waals surface area contributed by atoms with E-state index in [-0.39, 0.29) is 5.56 Å². The third-order valence-electron chi connectivity index (χ3n) is 5.73. The second kappa shape index (κ2) is 13.2. The number of benzene rings is 1. The van der Waals surface area contributed by atoms with Crippen LogP contribution >= 0.6 is 0 Å². The van der Waals surface area contributed by atoms with E-state index in [1.165, 1.54) is 70.0 Å². The van der Waals surface area contributed by atoms with Gasteiger partial charge in [-0.1, -0.05) is 89.0 Å². The molecule has 0 radical (unpaired) electrons. The van der Waals surface area contributed by atoms with Gasteiger partial charge in [-0.3, -0.25) is 0 Å². The van der Waals surface area contributed by atoms with Crippen LogP contribution in [-0.2, 0) is 19.5 Å². The number of hydrogen-bond acceptors (Lipinski definition) is 2. The second-order valence-corrected chi connectivity index (χ2v) is 8.04. The van der Waals surface area contributed by atoms with Crippen molar-refractivity contribution in [3.8, 4) is 0 Å². The van der Waals surface area contributed by atoms with Gasteiger partial charge in [0, 0.05) is 6.42 Å². The number of nitrogens with zero attached hydrogens (tertiary/aromatic N) is 2. The van der Waals surface area contributed by atoms with Crippen molar-refractivity contribution < 1.29 is 14.5 Å². The van der Waals surface area contributed by atoms with Gasteiger partial charge in [-0.15, -0.1) is 0 Å². The molecule has 0 amide bonds. The molecule has 160 valence electrons. The van der Waals surface area contributed by atoms with Crippen molar-refractivity contribution in [3.63, 3.8) is 0 Å². The lowest BCUT2D eigenvalue weighted by Crippen LogP contribution is -2.37. The summed E-state index contributed by atoms with van der Waals surface area (Å²) in [6.45, 7) is 6.20. The van der Waals surface area contributed by atoms with Gasteiger partial charge in [0.05, 0.1) is 12.5 Å². The summed E-state index contributed by atoms with van der Waals surface area (Å²) >= 11 is 0. The highest BCUT2D eigenvalue weighted by Gasteiger charge is 2.16. The molecule has 0 bridgehead atoms. The highest BCUT2D eigenvalue weighted by Crippen LogP contribution is 2.12. The van der Waals surface area contributed by atoms with Gasteiger partial charge < -0.3 is 9.90 Å². The molecule has 0 aliphatic carbocycles. The molecule has 0 N–H and O–H groups in total. The summed E-state index contributed by atoms with van der Waals surface area (Å²) in [5.41, 5.74) is 1.34.